The number of nitrogens with one attached hydrogen (secondary N) is 2. The summed E-state index contributed by atoms with van der Waals surface area (Å²) in [6.45, 7) is 0.727. The molecule has 0 bridgehead atoms. The fourth-order valence-electron chi connectivity index (χ4n) is 2.55. The van der Waals surface area contributed by atoms with E-state index in [9.17, 15) is 14.4 Å². The monoisotopic (exact) mass is 399 g/mol. The normalized spacial score (nSPS) is 11.3. The van der Waals surface area contributed by atoms with Gasteiger partial charge in [-0.05, 0) is 36.1 Å². The fourth-order valence-corrected chi connectivity index (χ4v) is 2.55. The Morgan fingerprint density at radius 2 is 1.72 bits per heavy atom. The van der Waals surface area contributed by atoms with Gasteiger partial charge in [-0.25, -0.2) is 9.59 Å². The molecule has 8 nitrogen and oxygen atoms in total. The van der Waals surface area contributed by atoms with E-state index in [1.165, 1.54) is 12.1 Å². The molecule has 2 amide bonds. The Labute approximate surface area is 169 Å². The Morgan fingerprint density at radius 3 is 2.45 bits per heavy atom. The molecule has 0 aromatic heterocycles. The lowest BCUT2D eigenvalue weighted by molar-refractivity contribution is -0.122. The standard InChI is InChI=1S/C21H25N3O5/c22-18(19(25)24-13-16-8-4-9-17(12-16)20(26)27)10-5-11-23-21(28)29-14-15-6-2-1-3-7-15/h1-4,6-9,12,18H,5,10-11,13-14,22H2,(H,23,28)(H,24,25)(H,26,27)/t18-/m0/s1. The van der Waals surface area contributed by atoms with Gasteiger partial charge in [0.2, 0.25) is 5.91 Å². The number of hydrogen-bond acceptors (Lipinski definition) is 5. The lowest BCUT2D eigenvalue weighted by atomic mass is 10.1. The van der Waals surface area contributed by atoms with Crippen LogP contribution in [0.1, 0.15) is 34.3 Å². The van der Waals surface area contributed by atoms with Crippen LogP contribution < -0.4 is 16.4 Å². The summed E-state index contributed by atoms with van der Waals surface area (Å²) >= 11 is 0. The Bertz CT molecular complexity index is 826. The second-order valence-corrected chi connectivity index (χ2v) is 6.46. The number of aromatic carboxylic acids is 1. The van der Waals surface area contributed by atoms with Crippen molar-refractivity contribution in [2.45, 2.75) is 32.0 Å². The number of amides is 2. The minimum Gasteiger partial charge on any atom is -0.478 e. The van der Waals surface area contributed by atoms with Crippen molar-refractivity contribution in [3.05, 3.63) is 71.3 Å². The molecule has 0 radical (unpaired) electrons. The van der Waals surface area contributed by atoms with Gasteiger partial charge in [-0.15, -0.1) is 0 Å². The van der Waals surface area contributed by atoms with Crippen LogP contribution in [0, 0.1) is 0 Å². The fraction of sp³-hybridized carbons (Fsp3) is 0.286. The van der Waals surface area contributed by atoms with Crippen molar-refractivity contribution in [1.29, 1.82) is 0 Å². The number of carbonyl (C=O) groups is 3. The first-order chi connectivity index (χ1) is 14.0. The first-order valence-corrected chi connectivity index (χ1v) is 9.26. The number of ether oxygens (including phenoxy) is 1. The van der Waals surface area contributed by atoms with Crippen molar-refractivity contribution in [2.24, 2.45) is 5.73 Å². The molecule has 5 N–H and O–H groups in total. The van der Waals surface area contributed by atoms with Crippen LogP contribution in [0.25, 0.3) is 0 Å². The molecule has 0 aliphatic carbocycles. The summed E-state index contributed by atoms with van der Waals surface area (Å²) in [5, 5.41) is 14.3. The second kappa shape index (κ2) is 11.5. The smallest absolute Gasteiger partial charge is 0.407 e. The Kier molecular flexibility index (Phi) is 8.65. The quantitative estimate of drug-likeness (QED) is 0.452. The van der Waals surface area contributed by atoms with Crippen molar-refractivity contribution in [3.8, 4) is 0 Å². The zero-order valence-corrected chi connectivity index (χ0v) is 16.0. The zero-order chi connectivity index (χ0) is 21.1. The minimum absolute atomic E-state index is 0.159. The van der Waals surface area contributed by atoms with Gasteiger partial charge in [0, 0.05) is 13.1 Å². The summed E-state index contributed by atoms with van der Waals surface area (Å²) in [6.07, 6.45) is 0.383. The molecule has 8 heteroatoms. The molecule has 2 aromatic carbocycles. The average molecular weight is 399 g/mol. The van der Waals surface area contributed by atoms with E-state index in [0.717, 1.165) is 5.56 Å². The van der Waals surface area contributed by atoms with Gasteiger partial charge in [0.25, 0.3) is 0 Å². The molecule has 2 aromatic rings. The summed E-state index contributed by atoms with van der Waals surface area (Å²) in [4.78, 5) is 34.7. The number of rotatable bonds is 10. The molecule has 2 rings (SSSR count). The first kappa shape index (κ1) is 21.9. The third-order valence-corrected chi connectivity index (χ3v) is 4.15. The maximum Gasteiger partial charge on any atom is 0.407 e. The van der Waals surface area contributed by atoms with Gasteiger partial charge >= 0.3 is 12.1 Å². The molecule has 154 valence electrons. The Balaban J connectivity index is 1.61. The first-order valence-electron chi connectivity index (χ1n) is 9.26. The van der Waals surface area contributed by atoms with Crippen LogP contribution >= 0.6 is 0 Å². The third-order valence-electron chi connectivity index (χ3n) is 4.15. The van der Waals surface area contributed by atoms with Gasteiger partial charge in [-0.3, -0.25) is 4.79 Å². The van der Waals surface area contributed by atoms with Crippen molar-refractivity contribution < 1.29 is 24.2 Å². The van der Waals surface area contributed by atoms with E-state index in [1.54, 1.807) is 12.1 Å². The molecule has 0 saturated heterocycles. The van der Waals surface area contributed by atoms with Crippen LogP contribution in [-0.2, 0) is 22.7 Å². The van der Waals surface area contributed by atoms with Crippen LogP contribution in [0.5, 0.6) is 0 Å². The topological polar surface area (TPSA) is 131 Å². The maximum absolute atomic E-state index is 12.1. The summed E-state index contributed by atoms with van der Waals surface area (Å²) < 4.78 is 5.09. The highest BCUT2D eigenvalue weighted by Crippen LogP contribution is 2.05. The predicted octanol–water partition coefficient (Wildman–Crippen LogP) is 2.03. The Morgan fingerprint density at radius 1 is 1.00 bits per heavy atom. The lowest BCUT2D eigenvalue weighted by Gasteiger charge is -2.13. The molecule has 0 spiro atoms. The summed E-state index contributed by atoms with van der Waals surface area (Å²) in [7, 11) is 0. The maximum atomic E-state index is 12.1. The van der Waals surface area contributed by atoms with E-state index >= 15 is 0 Å². The van der Waals surface area contributed by atoms with E-state index in [2.05, 4.69) is 10.6 Å². The van der Waals surface area contributed by atoms with Crippen LogP contribution in [0.3, 0.4) is 0 Å². The average Bonchev–Trinajstić information content (AvgIpc) is 2.74. The van der Waals surface area contributed by atoms with E-state index in [0.29, 0.717) is 24.9 Å². The van der Waals surface area contributed by atoms with Crippen LogP contribution in [-0.4, -0.2) is 35.7 Å². The number of carboxylic acid groups (broad SMARTS) is 1. The highest BCUT2D eigenvalue weighted by Gasteiger charge is 2.13. The van der Waals surface area contributed by atoms with Gasteiger partial charge in [-0.2, -0.15) is 0 Å². The molecule has 0 fully saturated rings. The van der Waals surface area contributed by atoms with Crippen LogP contribution in [0.15, 0.2) is 54.6 Å². The van der Waals surface area contributed by atoms with Gasteiger partial charge < -0.3 is 26.2 Å². The largest absolute Gasteiger partial charge is 0.478 e. The van der Waals surface area contributed by atoms with Crippen LogP contribution in [0.4, 0.5) is 4.79 Å². The highest BCUT2D eigenvalue weighted by molar-refractivity contribution is 5.87. The minimum atomic E-state index is -1.02. The Hall–Kier alpha value is -3.39. The lowest BCUT2D eigenvalue weighted by Crippen LogP contribution is -2.40. The van der Waals surface area contributed by atoms with Crippen molar-refractivity contribution in [2.75, 3.05) is 6.54 Å². The van der Waals surface area contributed by atoms with Gasteiger partial charge in [-0.1, -0.05) is 42.5 Å². The van der Waals surface area contributed by atoms with Gasteiger partial charge in [0.05, 0.1) is 11.6 Å². The molecular formula is C21H25N3O5. The molecule has 0 aliphatic rings. The number of benzene rings is 2. The summed E-state index contributed by atoms with van der Waals surface area (Å²) in [5.74, 6) is -1.36. The number of nitrogens with two attached hydrogens (primary N) is 1. The molecule has 0 unspecified atom stereocenters. The van der Waals surface area contributed by atoms with E-state index in [-0.39, 0.29) is 24.6 Å². The molecule has 0 saturated carbocycles. The molecule has 0 aliphatic heterocycles. The van der Waals surface area contributed by atoms with Crippen molar-refractivity contribution in [3.63, 3.8) is 0 Å². The molecule has 0 heterocycles. The van der Waals surface area contributed by atoms with Crippen molar-refractivity contribution in [1.82, 2.24) is 10.6 Å². The zero-order valence-electron chi connectivity index (χ0n) is 16.0. The van der Waals surface area contributed by atoms with E-state index in [1.807, 2.05) is 30.3 Å². The SMILES string of the molecule is N[C@@H](CCCNC(=O)OCc1ccccc1)C(=O)NCc1cccc(C(=O)O)c1. The van der Waals surface area contributed by atoms with Crippen molar-refractivity contribution >= 4 is 18.0 Å². The second-order valence-electron chi connectivity index (χ2n) is 6.46. The number of carboxylic acids is 1. The summed E-state index contributed by atoms with van der Waals surface area (Å²) in [6, 6.07) is 15.0. The van der Waals surface area contributed by atoms with Gasteiger partial charge in [0.1, 0.15) is 6.61 Å². The van der Waals surface area contributed by atoms with E-state index < -0.39 is 18.1 Å². The van der Waals surface area contributed by atoms with Crippen LogP contribution in [0.2, 0.25) is 0 Å². The van der Waals surface area contributed by atoms with E-state index in [4.69, 9.17) is 15.6 Å². The molecule has 29 heavy (non-hydrogen) atoms. The highest BCUT2D eigenvalue weighted by atomic mass is 16.5. The predicted molar refractivity (Wildman–Crippen MR) is 107 cm³/mol. The molecular weight excluding hydrogens is 374 g/mol. The summed E-state index contributed by atoms with van der Waals surface area (Å²) in [5.41, 5.74) is 7.59. The third kappa shape index (κ3) is 8.02. The number of hydrogen-bond donors (Lipinski definition) is 4. The van der Waals surface area contributed by atoms with Gasteiger partial charge in [0.15, 0.2) is 0 Å². The molecule has 1 atom stereocenters. The number of alkyl carbamates (subject to hydrolysis) is 1. The number of carbonyl (C=O) groups excluding carboxylic acids is 2.